The Morgan fingerprint density at radius 2 is 2.15 bits per heavy atom. The van der Waals surface area contributed by atoms with Crippen molar-refractivity contribution in [3.63, 3.8) is 0 Å². The molecule has 0 aliphatic rings. The van der Waals surface area contributed by atoms with Gasteiger partial charge in [0.1, 0.15) is 5.82 Å². The van der Waals surface area contributed by atoms with E-state index < -0.39 is 0 Å². The highest BCUT2D eigenvalue weighted by Gasteiger charge is 2.16. The van der Waals surface area contributed by atoms with E-state index >= 15 is 0 Å². The molecule has 5 heteroatoms. The maximum Gasteiger partial charge on any atom is 0.258 e. The average molecular weight is 273 g/mol. The van der Waals surface area contributed by atoms with Gasteiger partial charge >= 0.3 is 0 Å². The number of hydrogen-bond acceptors (Lipinski definition) is 3. The van der Waals surface area contributed by atoms with Gasteiger partial charge in [0.05, 0.1) is 5.69 Å². The highest BCUT2D eigenvalue weighted by Crippen LogP contribution is 2.18. The maximum atomic E-state index is 13.3. The van der Waals surface area contributed by atoms with Gasteiger partial charge in [0.25, 0.3) is 5.91 Å². The molecule has 2 aromatic rings. The van der Waals surface area contributed by atoms with E-state index in [1.54, 1.807) is 30.5 Å². The number of rotatable bonds is 4. The second-order valence-corrected chi connectivity index (χ2v) is 4.27. The molecular formula is C15H16FN3O. The molecule has 4 nitrogen and oxygen atoms in total. The van der Waals surface area contributed by atoms with Crippen molar-refractivity contribution in [2.75, 3.05) is 11.4 Å². The van der Waals surface area contributed by atoms with Crippen molar-refractivity contribution in [2.45, 2.75) is 13.5 Å². The smallest absolute Gasteiger partial charge is 0.258 e. The number of nitrogens with zero attached hydrogens (tertiary/aromatic N) is 2. The van der Waals surface area contributed by atoms with Crippen LogP contribution < -0.4 is 10.6 Å². The molecule has 0 saturated carbocycles. The number of halogens is 1. The minimum absolute atomic E-state index is 0.199. The van der Waals surface area contributed by atoms with E-state index in [1.807, 2.05) is 6.92 Å². The number of benzene rings is 1. The van der Waals surface area contributed by atoms with Crippen molar-refractivity contribution in [1.82, 2.24) is 4.98 Å². The summed E-state index contributed by atoms with van der Waals surface area (Å²) >= 11 is 0. The summed E-state index contributed by atoms with van der Waals surface area (Å²) < 4.78 is 13.3. The zero-order valence-corrected chi connectivity index (χ0v) is 11.2. The van der Waals surface area contributed by atoms with Crippen LogP contribution in [-0.4, -0.2) is 17.4 Å². The average Bonchev–Trinajstić information content (AvgIpc) is 2.48. The minimum Gasteiger partial charge on any atom is -0.325 e. The van der Waals surface area contributed by atoms with Crippen molar-refractivity contribution >= 4 is 11.6 Å². The van der Waals surface area contributed by atoms with Crippen LogP contribution in [0.15, 0.2) is 42.6 Å². The Morgan fingerprint density at radius 1 is 1.35 bits per heavy atom. The summed E-state index contributed by atoms with van der Waals surface area (Å²) in [5, 5.41) is 0. The lowest BCUT2D eigenvalue weighted by atomic mass is 10.2. The van der Waals surface area contributed by atoms with E-state index in [9.17, 15) is 9.18 Å². The van der Waals surface area contributed by atoms with Crippen LogP contribution in [0.2, 0.25) is 0 Å². The first-order valence-corrected chi connectivity index (χ1v) is 6.38. The van der Waals surface area contributed by atoms with Gasteiger partial charge in [-0.2, -0.15) is 0 Å². The molecule has 0 spiro atoms. The zero-order chi connectivity index (χ0) is 14.5. The molecule has 0 radical (unpaired) electrons. The Balaban J connectivity index is 2.33. The van der Waals surface area contributed by atoms with E-state index in [1.165, 1.54) is 17.0 Å². The van der Waals surface area contributed by atoms with Crippen molar-refractivity contribution < 1.29 is 9.18 Å². The van der Waals surface area contributed by atoms with E-state index in [0.29, 0.717) is 23.5 Å². The van der Waals surface area contributed by atoms with Gasteiger partial charge in [0, 0.05) is 30.5 Å². The highest BCUT2D eigenvalue weighted by atomic mass is 19.1. The topological polar surface area (TPSA) is 59.2 Å². The fourth-order valence-electron chi connectivity index (χ4n) is 1.97. The number of aromatic nitrogens is 1. The summed E-state index contributed by atoms with van der Waals surface area (Å²) in [5.41, 5.74) is 7.19. The molecule has 0 unspecified atom stereocenters. The Hall–Kier alpha value is -2.27. The highest BCUT2D eigenvalue weighted by molar-refractivity contribution is 6.06. The van der Waals surface area contributed by atoms with E-state index in [2.05, 4.69) is 4.98 Å². The van der Waals surface area contributed by atoms with Crippen molar-refractivity contribution in [3.8, 4) is 0 Å². The summed E-state index contributed by atoms with van der Waals surface area (Å²) in [4.78, 5) is 18.1. The molecule has 0 aliphatic heterocycles. The molecule has 2 rings (SSSR count). The standard InChI is InChI=1S/C15H16FN3O/c1-2-19(14-5-3-4-12(16)9-14)15(20)11-6-7-18-13(8-11)10-17/h3-9H,2,10,17H2,1H3. The summed E-state index contributed by atoms with van der Waals surface area (Å²) in [7, 11) is 0. The molecule has 1 amide bonds. The predicted octanol–water partition coefficient (Wildman–Crippen LogP) is 2.35. The third-order valence-electron chi connectivity index (χ3n) is 2.95. The van der Waals surface area contributed by atoms with Gasteiger partial charge in [-0.05, 0) is 37.3 Å². The van der Waals surface area contributed by atoms with Gasteiger partial charge in [-0.3, -0.25) is 9.78 Å². The van der Waals surface area contributed by atoms with Gasteiger partial charge in [0.2, 0.25) is 0 Å². The molecule has 0 aliphatic carbocycles. The second kappa shape index (κ2) is 6.25. The molecule has 0 saturated heterocycles. The van der Waals surface area contributed by atoms with Gasteiger partial charge < -0.3 is 10.6 Å². The lowest BCUT2D eigenvalue weighted by Gasteiger charge is -2.21. The zero-order valence-electron chi connectivity index (χ0n) is 11.2. The van der Waals surface area contributed by atoms with E-state index in [0.717, 1.165) is 0 Å². The fourth-order valence-corrected chi connectivity index (χ4v) is 1.97. The van der Waals surface area contributed by atoms with Crippen LogP contribution >= 0.6 is 0 Å². The molecule has 1 aromatic heterocycles. The van der Waals surface area contributed by atoms with Gasteiger partial charge in [0.15, 0.2) is 0 Å². The number of carbonyl (C=O) groups is 1. The first kappa shape index (κ1) is 14.1. The van der Waals surface area contributed by atoms with Gasteiger partial charge in [-0.25, -0.2) is 4.39 Å². The Bertz CT molecular complexity index is 616. The quantitative estimate of drug-likeness (QED) is 0.930. The number of nitrogens with two attached hydrogens (primary N) is 1. The number of pyridine rings is 1. The number of anilines is 1. The Labute approximate surface area is 117 Å². The first-order chi connectivity index (χ1) is 9.65. The normalized spacial score (nSPS) is 10.3. The SMILES string of the molecule is CCN(C(=O)c1ccnc(CN)c1)c1cccc(F)c1. The second-order valence-electron chi connectivity index (χ2n) is 4.27. The molecule has 1 heterocycles. The molecule has 0 atom stereocenters. The first-order valence-electron chi connectivity index (χ1n) is 6.38. The monoisotopic (exact) mass is 273 g/mol. The molecule has 0 fully saturated rings. The lowest BCUT2D eigenvalue weighted by Crippen LogP contribution is -2.30. The van der Waals surface area contributed by atoms with Crippen molar-refractivity contribution in [1.29, 1.82) is 0 Å². The number of carbonyl (C=O) groups excluding carboxylic acids is 1. The maximum absolute atomic E-state index is 13.3. The lowest BCUT2D eigenvalue weighted by molar-refractivity contribution is 0.0988. The van der Waals surface area contributed by atoms with Crippen molar-refractivity contribution in [3.05, 3.63) is 59.7 Å². The fraction of sp³-hybridized carbons (Fsp3) is 0.200. The van der Waals surface area contributed by atoms with E-state index in [4.69, 9.17) is 5.73 Å². The number of hydrogen-bond donors (Lipinski definition) is 1. The molecule has 1 aromatic carbocycles. The summed E-state index contributed by atoms with van der Waals surface area (Å²) in [6.07, 6.45) is 1.55. The Morgan fingerprint density at radius 3 is 2.80 bits per heavy atom. The van der Waals surface area contributed by atoms with Gasteiger partial charge in [-0.1, -0.05) is 6.07 Å². The van der Waals surface area contributed by atoms with Crippen LogP contribution in [-0.2, 0) is 6.54 Å². The Kier molecular flexibility index (Phi) is 4.42. The molecular weight excluding hydrogens is 257 g/mol. The third-order valence-corrected chi connectivity index (χ3v) is 2.95. The van der Waals surface area contributed by atoms with Crippen LogP contribution in [0, 0.1) is 5.82 Å². The summed E-state index contributed by atoms with van der Waals surface area (Å²) in [6.45, 7) is 2.56. The van der Waals surface area contributed by atoms with Crippen LogP contribution in [0.3, 0.4) is 0 Å². The van der Waals surface area contributed by atoms with Crippen molar-refractivity contribution in [2.24, 2.45) is 5.73 Å². The van der Waals surface area contributed by atoms with Crippen LogP contribution in [0.25, 0.3) is 0 Å². The summed E-state index contributed by atoms with van der Waals surface area (Å²) in [5.74, 6) is -0.568. The largest absolute Gasteiger partial charge is 0.325 e. The van der Waals surface area contributed by atoms with E-state index in [-0.39, 0.29) is 18.3 Å². The molecule has 104 valence electrons. The van der Waals surface area contributed by atoms with Crippen LogP contribution in [0.1, 0.15) is 23.0 Å². The minimum atomic E-state index is -0.369. The summed E-state index contributed by atoms with van der Waals surface area (Å²) in [6, 6.07) is 9.26. The third kappa shape index (κ3) is 3.00. The molecule has 20 heavy (non-hydrogen) atoms. The van der Waals surface area contributed by atoms with Gasteiger partial charge in [-0.15, -0.1) is 0 Å². The van der Waals surface area contributed by atoms with Crippen LogP contribution in [0.4, 0.5) is 10.1 Å². The predicted molar refractivity (Wildman–Crippen MR) is 75.9 cm³/mol. The van der Waals surface area contributed by atoms with Crippen LogP contribution in [0.5, 0.6) is 0 Å². The number of amides is 1. The molecule has 2 N–H and O–H groups in total. The molecule has 0 bridgehead atoms.